The van der Waals surface area contributed by atoms with Crippen molar-refractivity contribution in [1.82, 2.24) is 20.0 Å². The molecule has 0 radical (unpaired) electrons. The van der Waals surface area contributed by atoms with Gasteiger partial charge in [0.1, 0.15) is 11.8 Å². The standard InChI is InChI=1S/C17H15N5O2/c1-12-11-21(15-7-4-8-18-16(15)24-12)17(23)13-5-2-3-6-14(13)22-10-9-19-20-22/h2-10,12H,11H2,1H3. The number of pyridine rings is 1. The highest BCUT2D eigenvalue weighted by Gasteiger charge is 2.30. The van der Waals surface area contributed by atoms with Crippen molar-refractivity contribution in [3.63, 3.8) is 0 Å². The van der Waals surface area contributed by atoms with Crippen LogP contribution in [0.1, 0.15) is 17.3 Å². The number of carbonyl (C=O) groups excluding carboxylic acids is 1. The Morgan fingerprint density at radius 3 is 2.83 bits per heavy atom. The van der Waals surface area contributed by atoms with E-state index >= 15 is 0 Å². The second kappa shape index (κ2) is 5.77. The first-order valence-electron chi connectivity index (χ1n) is 7.63. The average molecular weight is 321 g/mol. The molecule has 1 unspecified atom stereocenters. The zero-order valence-corrected chi connectivity index (χ0v) is 13.0. The van der Waals surface area contributed by atoms with Crippen molar-refractivity contribution in [2.45, 2.75) is 13.0 Å². The SMILES string of the molecule is CC1CN(C(=O)c2ccccc2-n2ccnn2)c2cccnc2O1. The Morgan fingerprint density at radius 1 is 1.17 bits per heavy atom. The molecule has 0 fully saturated rings. The molecule has 0 N–H and O–H groups in total. The summed E-state index contributed by atoms with van der Waals surface area (Å²) < 4.78 is 7.30. The highest BCUT2D eigenvalue weighted by Crippen LogP contribution is 2.32. The molecular weight excluding hydrogens is 306 g/mol. The summed E-state index contributed by atoms with van der Waals surface area (Å²) in [4.78, 5) is 19.1. The molecule has 0 spiro atoms. The van der Waals surface area contributed by atoms with Gasteiger partial charge in [0.05, 0.1) is 30.2 Å². The van der Waals surface area contributed by atoms with E-state index in [1.807, 2.05) is 31.2 Å². The number of fused-ring (bicyclic) bond motifs is 1. The Morgan fingerprint density at radius 2 is 2.00 bits per heavy atom. The van der Waals surface area contributed by atoms with Crippen molar-refractivity contribution in [2.75, 3.05) is 11.4 Å². The van der Waals surface area contributed by atoms with E-state index < -0.39 is 0 Å². The van der Waals surface area contributed by atoms with E-state index in [1.54, 1.807) is 40.3 Å². The molecule has 1 amide bonds. The second-order valence-electron chi connectivity index (χ2n) is 5.54. The van der Waals surface area contributed by atoms with Crippen LogP contribution in [0.15, 0.2) is 55.0 Å². The van der Waals surface area contributed by atoms with Gasteiger partial charge in [0.15, 0.2) is 0 Å². The number of amides is 1. The summed E-state index contributed by atoms with van der Waals surface area (Å²) in [5.41, 5.74) is 1.91. The molecule has 1 aliphatic heterocycles. The predicted octanol–water partition coefficient (Wildman–Crippen LogP) is 2.09. The second-order valence-corrected chi connectivity index (χ2v) is 5.54. The summed E-state index contributed by atoms with van der Waals surface area (Å²) in [5.74, 6) is 0.355. The van der Waals surface area contributed by atoms with Gasteiger partial charge in [0.2, 0.25) is 5.88 Å². The third-order valence-electron chi connectivity index (χ3n) is 3.84. The van der Waals surface area contributed by atoms with Gasteiger partial charge >= 0.3 is 0 Å². The molecule has 1 aromatic carbocycles. The minimum absolute atomic E-state index is 0.120. The fourth-order valence-electron chi connectivity index (χ4n) is 2.79. The predicted molar refractivity (Wildman–Crippen MR) is 87.4 cm³/mol. The zero-order valence-electron chi connectivity index (χ0n) is 13.0. The average Bonchev–Trinajstić information content (AvgIpc) is 3.15. The van der Waals surface area contributed by atoms with Crippen LogP contribution in [0.3, 0.4) is 0 Å². The van der Waals surface area contributed by atoms with E-state index in [0.29, 0.717) is 29.4 Å². The summed E-state index contributed by atoms with van der Waals surface area (Å²) in [5, 5.41) is 7.81. The van der Waals surface area contributed by atoms with Crippen molar-refractivity contribution in [1.29, 1.82) is 0 Å². The minimum atomic E-state index is -0.130. The first-order valence-corrected chi connectivity index (χ1v) is 7.63. The quantitative estimate of drug-likeness (QED) is 0.722. The van der Waals surface area contributed by atoms with Crippen LogP contribution in [0.5, 0.6) is 5.88 Å². The lowest BCUT2D eigenvalue weighted by Gasteiger charge is -2.32. The van der Waals surface area contributed by atoms with Crippen LogP contribution in [0.4, 0.5) is 5.69 Å². The third kappa shape index (κ3) is 2.40. The molecule has 120 valence electrons. The number of carbonyl (C=O) groups is 1. The molecule has 7 heteroatoms. The maximum absolute atomic E-state index is 13.2. The number of aromatic nitrogens is 4. The monoisotopic (exact) mass is 321 g/mol. The number of anilines is 1. The van der Waals surface area contributed by atoms with Crippen molar-refractivity contribution < 1.29 is 9.53 Å². The van der Waals surface area contributed by atoms with Gasteiger partial charge in [-0.3, -0.25) is 9.69 Å². The highest BCUT2D eigenvalue weighted by molar-refractivity contribution is 6.09. The number of rotatable bonds is 2. The molecule has 1 atom stereocenters. The Hall–Kier alpha value is -3.22. The number of hydrogen-bond acceptors (Lipinski definition) is 5. The molecule has 2 aromatic heterocycles. The molecule has 4 rings (SSSR count). The van der Waals surface area contributed by atoms with E-state index in [9.17, 15) is 4.79 Å². The fourth-order valence-corrected chi connectivity index (χ4v) is 2.79. The number of ether oxygens (including phenoxy) is 1. The van der Waals surface area contributed by atoms with E-state index in [4.69, 9.17) is 4.74 Å². The van der Waals surface area contributed by atoms with E-state index in [0.717, 1.165) is 0 Å². The van der Waals surface area contributed by atoms with Crippen LogP contribution in [0.25, 0.3) is 5.69 Å². The lowest BCUT2D eigenvalue weighted by Crippen LogP contribution is -2.42. The Balaban J connectivity index is 1.78. The summed E-state index contributed by atoms with van der Waals surface area (Å²) in [7, 11) is 0. The molecule has 24 heavy (non-hydrogen) atoms. The van der Waals surface area contributed by atoms with Gasteiger partial charge < -0.3 is 4.74 Å². The summed E-state index contributed by atoms with van der Waals surface area (Å²) in [6.07, 6.45) is 4.82. The van der Waals surface area contributed by atoms with Gasteiger partial charge in [-0.1, -0.05) is 17.3 Å². The van der Waals surface area contributed by atoms with Gasteiger partial charge in [-0.25, -0.2) is 9.67 Å². The van der Waals surface area contributed by atoms with E-state index in [1.165, 1.54) is 0 Å². The Kier molecular flexibility index (Phi) is 3.45. The largest absolute Gasteiger partial charge is 0.471 e. The fraction of sp³-hybridized carbons (Fsp3) is 0.176. The maximum Gasteiger partial charge on any atom is 0.260 e. The topological polar surface area (TPSA) is 73.1 Å². The number of hydrogen-bond donors (Lipinski definition) is 0. The van der Waals surface area contributed by atoms with Crippen molar-refractivity contribution in [2.24, 2.45) is 0 Å². The van der Waals surface area contributed by atoms with Gasteiger partial charge in [-0.2, -0.15) is 0 Å². The molecule has 7 nitrogen and oxygen atoms in total. The van der Waals surface area contributed by atoms with Crippen molar-refractivity contribution in [3.05, 3.63) is 60.6 Å². The summed E-state index contributed by atoms with van der Waals surface area (Å²) >= 11 is 0. The highest BCUT2D eigenvalue weighted by atomic mass is 16.5. The summed E-state index contributed by atoms with van der Waals surface area (Å²) in [6, 6.07) is 11.0. The molecule has 0 saturated carbocycles. The normalized spacial score (nSPS) is 16.4. The first kappa shape index (κ1) is 14.4. The number of benzene rings is 1. The smallest absolute Gasteiger partial charge is 0.260 e. The van der Waals surface area contributed by atoms with Crippen LogP contribution in [-0.4, -0.2) is 38.5 Å². The van der Waals surface area contributed by atoms with Crippen LogP contribution in [-0.2, 0) is 0 Å². The Labute approximate surface area is 138 Å². The van der Waals surface area contributed by atoms with Crippen LogP contribution < -0.4 is 9.64 Å². The molecule has 3 aromatic rings. The van der Waals surface area contributed by atoms with Gasteiger partial charge in [0, 0.05) is 6.20 Å². The summed E-state index contributed by atoms with van der Waals surface area (Å²) in [6.45, 7) is 2.38. The molecule has 3 heterocycles. The number of para-hydroxylation sites is 1. The zero-order chi connectivity index (χ0) is 16.5. The van der Waals surface area contributed by atoms with Gasteiger partial charge in [-0.05, 0) is 31.2 Å². The van der Waals surface area contributed by atoms with E-state index in [-0.39, 0.29) is 12.0 Å². The third-order valence-corrected chi connectivity index (χ3v) is 3.84. The van der Waals surface area contributed by atoms with Crippen LogP contribution in [0, 0.1) is 0 Å². The van der Waals surface area contributed by atoms with Gasteiger partial charge in [0.25, 0.3) is 5.91 Å². The number of nitrogens with zero attached hydrogens (tertiary/aromatic N) is 5. The lowest BCUT2D eigenvalue weighted by molar-refractivity contribution is 0.0958. The Bertz CT molecular complexity index is 878. The van der Waals surface area contributed by atoms with E-state index in [2.05, 4.69) is 15.3 Å². The van der Waals surface area contributed by atoms with Crippen molar-refractivity contribution in [3.8, 4) is 11.6 Å². The first-order chi connectivity index (χ1) is 11.7. The molecule has 0 bridgehead atoms. The van der Waals surface area contributed by atoms with Gasteiger partial charge in [-0.15, -0.1) is 5.10 Å². The van der Waals surface area contributed by atoms with Crippen molar-refractivity contribution >= 4 is 11.6 Å². The molecule has 0 saturated heterocycles. The van der Waals surface area contributed by atoms with Crippen LogP contribution in [0.2, 0.25) is 0 Å². The molecular formula is C17H15N5O2. The molecule has 1 aliphatic rings. The lowest BCUT2D eigenvalue weighted by atomic mass is 10.1. The maximum atomic E-state index is 13.2. The van der Waals surface area contributed by atoms with Crippen LogP contribution >= 0.6 is 0 Å². The minimum Gasteiger partial charge on any atom is -0.471 e. The molecule has 0 aliphatic carbocycles.